The lowest BCUT2D eigenvalue weighted by molar-refractivity contribution is -0.119. The van der Waals surface area contributed by atoms with Gasteiger partial charge in [-0.05, 0) is 26.0 Å². The topological polar surface area (TPSA) is 29.3 Å². The molecule has 0 fully saturated rings. The average molecular weight is 264 g/mol. The molecule has 0 bridgehead atoms. The summed E-state index contributed by atoms with van der Waals surface area (Å²) in [6, 6.07) is 3.37. The Morgan fingerprint density at radius 2 is 1.94 bits per heavy atom. The molecule has 1 atom stereocenters. The Labute approximate surface area is 103 Å². The predicted octanol–water partition coefficient (Wildman–Crippen LogP) is 3.23. The molecule has 0 saturated heterocycles. The number of alkyl halides is 3. The highest BCUT2D eigenvalue weighted by Gasteiger charge is 2.31. The van der Waals surface area contributed by atoms with Crippen molar-refractivity contribution in [2.45, 2.75) is 26.1 Å². The van der Waals surface area contributed by atoms with Gasteiger partial charge in [0.05, 0.1) is 0 Å². The van der Waals surface area contributed by atoms with Gasteiger partial charge >= 0.3 is 6.18 Å². The monoisotopic (exact) mass is 264 g/mol. The summed E-state index contributed by atoms with van der Waals surface area (Å²) in [6.07, 6.45) is -4.34. The van der Waals surface area contributed by atoms with Crippen molar-refractivity contribution in [2.75, 3.05) is 18.0 Å². The van der Waals surface area contributed by atoms with Crippen LogP contribution in [0.3, 0.4) is 0 Å². The Hall–Kier alpha value is -1.30. The van der Waals surface area contributed by atoms with Gasteiger partial charge in [0.1, 0.15) is 12.4 Å². The zero-order chi connectivity index (χ0) is 13.9. The van der Waals surface area contributed by atoms with Crippen LogP contribution in [0, 0.1) is 5.82 Å². The third-order valence-electron chi connectivity index (χ3n) is 2.58. The smallest absolute Gasteiger partial charge is 0.363 e. The van der Waals surface area contributed by atoms with E-state index in [-0.39, 0.29) is 17.8 Å². The standard InChI is InChI=1S/C12H16F4N2/c1-3-18(7-12(14,15)16)10-6-4-5-9(13)11(10)8(2)17/h4-6,8H,3,7,17H2,1-2H3/t8-/m0/s1. The highest BCUT2D eigenvalue weighted by molar-refractivity contribution is 5.55. The van der Waals surface area contributed by atoms with E-state index < -0.39 is 24.6 Å². The van der Waals surface area contributed by atoms with Crippen molar-refractivity contribution in [2.24, 2.45) is 5.73 Å². The van der Waals surface area contributed by atoms with E-state index in [0.717, 1.165) is 4.90 Å². The van der Waals surface area contributed by atoms with Crippen LogP contribution in [0.25, 0.3) is 0 Å². The van der Waals surface area contributed by atoms with Crippen LogP contribution in [-0.2, 0) is 0 Å². The molecule has 102 valence electrons. The van der Waals surface area contributed by atoms with Crippen LogP contribution >= 0.6 is 0 Å². The predicted molar refractivity (Wildman–Crippen MR) is 62.9 cm³/mol. The lowest BCUT2D eigenvalue weighted by atomic mass is 10.0. The summed E-state index contributed by atoms with van der Waals surface area (Å²) in [4.78, 5) is 1.07. The molecule has 0 amide bonds. The van der Waals surface area contributed by atoms with Gasteiger partial charge in [-0.3, -0.25) is 0 Å². The normalized spacial score (nSPS) is 13.5. The lowest BCUT2D eigenvalue weighted by Gasteiger charge is -2.28. The molecule has 0 spiro atoms. The third kappa shape index (κ3) is 3.60. The summed E-state index contributed by atoms with van der Waals surface area (Å²) < 4.78 is 51.0. The minimum absolute atomic E-state index is 0.114. The second kappa shape index (κ2) is 5.56. The largest absolute Gasteiger partial charge is 0.405 e. The van der Waals surface area contributed by atoms with Crippen LogP contribution in [0.5, 0.6) is 0 Å². The molecule has 0 saturated carbocycles. The van der Waals surface area contributed by atoms with Crippen molar-refractivity contribution in [3.8, 4) is 0 Å². The van der Waals surface area contributed by atoms with Gasteiger partial charge in [-0.25, -0.2) is 4.39 Å². The van der Waals surface area contributed by atoms with Gasteiger partial charge in [-0.15, -0.1) is 0 Å². The summed E-state index contributed by atoms with van der Waals surface area (Å²) in [5.74, 6) is -0.580. The number of hydrogen-bond donors (Lipinski definition) is 1. The summed E-state index contributed by atoms with van der Waals surface area (Å²) >= 11 is 0. The van der Waals surface area contributed by atoms with E-state index >= 15 is 0 Å². The van der Waals surface area contributed by atoms with Crippen molar-refractivity contribution in [3.05, 3.63) is 29.6 Å². The molecular weight excluding hydrogens is 248 g/mol. The first-order valence-electron chi connectivity index (χ1n) is 5.62. The van der Waals surface area contributed by atoms with E-state index in [1.165, 1.54) is 18.2 Å². The molecule has 0 heterocycles. The number of benzene rings is 1. The summed E-state index contributed by atoms with van der Waals surface area (Å²) in [5.41, 5.74) is 5.94. The molecule has 2 nitrogen and oxygen atoms in total. The van der Waals surface area contributed by atoms with Crippen LogP contribution in [0.15, 0.2) is 18.2 Å². The van der Waals surface area contributed by atoms with Crippen molar-refractivity contribution < 1.29 is 17.6 Å². The van der Waals surface area contributed by atoms with Crippen LogP contribution in [0.1, 0.15) is 25.5 Å². The quantitative estimate of drug-likeness (QED) is 0.846. The molecule has 1 aromatic carbocycles. The van der Waals surface area contributed by atoms with Crippen molar-refractivity contribution in [1.29, 1.82) is 0 Å². The molecule has 0 aliphatic heterocycles. The molecule has 6 heteroatoms. The van der Waals surface area contributed by atoms with Gasteiger partial charge in [0.2, 0.25) is 0 Å². The van der Waals surface area contributed by atoms with Crippen LogP contribution < -0.4 is 10.6 Å². The zero-order valence-corrected chi connectivity index (χ0v) is 10.3. The Bertz CT molecular complexity index is 402. The summed E-state index contributed by atoms with van der Waals surface area (Å²) in [5, 5.41) is 0. The van der Waals surface area contributed by atoms with E-state index in [0.29, 0.717) is 0 Å². The lowest BCUT2D eigenvalue weighted by Crippen LogP contribution is -2.35. The van der Waals surface area contributed by atoms with Gasteiger partial charge in [0, 0.05) is 23.8 Å². The van der Waals surface area contributed by atoms with E-state index in [9.17, 15) is 17.6 Å². The fourth-order valence-corrected chi connectivity index (χ4v) is 1.84. The Balaban J connectivity index is 3.17. The SMILES string of the molecule is CCN(CC(F)(F)F)c1cccc(F)c1[C@H](C)N. The maximum atomic E-state index is 13.6. The van der Waals surface area contributed by atoms with Gasteiger partial charge in [-0.1, -0.05) is 6.07 Å². The highest BCUT2D eigenvalue weighted by atomic mass is 19.4. The number of nitrogens with zero attached hydrogens (tertiary/aromatic N) is 1. The van der Waals surface area contributed by atoms with E-state index in [1.54, 1.807) is 13.8 Å². The fourth-order valence-electron chi connectivity index (χ4n) is 1.84. The average Bonchev–Trinajstić information content (AvgIpc) is 2.23. The fraction of sp³-hybridized carbons (Fsp3) is 0.500. The molecule has 0 aliphatic carbocycles. The Morgan fingerprint density at radius 3 is 2.39 bits per heavy atom. The maximum Gasteiger partial charge on any atom is 0.405 e. The van der Waals surface area contributed by atoms with Gasteiger partial charge in [0.25, 0.3) is 0 Å². The number of rotatable bonds is 4. The van der Waals surface area contributed by atoms with Crippen molar-refractivity contribution in [1.82, 2.24) is 0 Å². The first-order chi connectivity index (χ1) is 8.26. The summed E-state index contributed by atoms with van der Waals surface area (Å²) in [7, 11) is 0. The zero-order valence-electron chi connectivity index (χ0n) is 10.3. The second-order valence-corrected chi connectivity index (χ2v) is 4.09. The van der Waals surface area contributed by atoms with Crippen LogP contribution in [-0.4, -0.2) is 19.3 Å². The Morgan fingerprint density at radius 1 is 1.33 bits per heavy atom. The molecule has 2 N–H and O–H groups in total. The van der Waals surface area contributed by atoms with E-state index in [4.69, 9.17) is 5.73 Å². The van der Waals surface area contributed by atoms with Crippen molar-refractivity contribution >= 4 is 5.69 Å². The minimum atomic E-state index is -4.34. The van der Waals surface area contributed by atoms with Gasteiger partial charge in [-0.2, -0.15) is 13.2 Å². The molecule has 1 aromatic rings. The van der Waals surface area contributed by atoms with E-state index in [2.05, 4.69) is 0 Å². The Kier molecular flexibility index (Phi) is 4.56. The second-order valence-electron chi connectivity index (χ2n) is 4.09. The van der Waals surface area contributed by atoms with E-state index in [1.807, 2.05) is 0 Å². The number of nitrogens with two attached hydrogens (primary N) is 1. The van der Waals surface area contributed by atoms with Gasteiger partial charge < -0.3 is 10.6 Å². The molecule has 0 aromatic heterocycles. The minimum Gasteiger partial charge on any atom is -0.363 e. The maximum absolute atomic E-state index is 13.6. The molecule has 1 rings (SSSR count). The van der Waals surface area contributed by atoms with Crippen LogP contribution in [0.4, 0.5) is 23.2 Å². The third-order valence-corrected chi connectivity index (χ3v) is 2.58. The number of anilines is 1. The highest BCUT2D eigenvalue weighted by Crippen LogP contribution is 2.30. The molecular formula is C12H16F4N2. The summed E-state index contributed by atoms with van der Waals surface area (Å²) in [6.45, 7) is 2.14. The number of halogens is 4. The van der Waals surface area contributed by atoms with Gasteiger partial charge in [0.15, 0.2) is 0 Å². The first kappa shape index (κ1) is 14.8. The molecule has 0 aliphatic rings. The number of hydrogen-bond acceptors (Lipinski definition) is 2. The molecule has 18 heavy (non-hydrogen) atoms. The molecule has 0 unspecified atom stereocenters. The molecule has 0 radical (unpaired) electrons. The first-order valence-corrected chi connectivity index (χ1v) is 5.62. The van der Waals surface area contributed by atoms with Crippen LogP contribution in [0.2, 0.25) is 0 Å². The van der Waals surface area contributed by atoms with Crippen molar-refractivity contribution in [3.63, 3.8) is 0 Å².